The molecule has 26 heavy (non-hydrogen) atoms. The van der Waals surface area contributed by atoms with Crippen LogP contribution < -0.4 is 0 Å². The third-order valence-corrected chi connectivity index (χ3v) is 3.66. The molecule has 1 N–H and O–H groups in total. The van der Waals surface area contributed by atoms with Crippen molar-refractivity contribution in [1.29, 1.82) is 0 Å². The molecule has 1 aromatic carbocycles. The van der Waals surface area contributed by atoms with Crippen LogP contribution in [0.3, 0.4) is 0 Å². The normalized spacial score (nSPS) is 11.2. The van der Waals surface area contributed by atoms with Gasteiger partial charge in [-0.1, -0.05) is 6.07 Å². The molecule has 3 rings (SSSR count). The first-order valence-corrected chi connectivity index (χ1v) is 7.91. The number of rotatable bonds is 5. The summed E-state index contributed by atoms with van der Waals surface area (Å²) in [6.45, 7) is 3.80. The Balaban J connectivity index is 2.06. The Labute approximate surface area is 148 Å². The summed E-state index contributed by atoms with van der Waals surface area (Å²) in [7, 11) is 0. The number of esters is 1. The van der Waals surface area contributed by atoms with Gasteiger partial charge in [0, 0.05) is 5.69 Å². The summed E-state index contributed by atoms with van der Waals surface area (Å²) in [4.78, 5) is 27.4. The van der Waals surface area contributed by atoms with Crippen LogP contribution in [0, 0.1) is 6.92 Å². The van der Waals surface area contributed by atoms with Crippen molar-refractivity contribution in [2.24, 2.45) is 10.2 Å². The Hall–Kier alpha value is -3.55. The number of pyridine rings is 1. The summed E-state index contributed by atoms with van der Waals surface area (Å²) in [6, 6.07) is 11.4. The molecule has 0 saturated carbocycles. The number of aromatic nitrogens is 2. The van der Waals surface area contributed by atoms with Crippen molar-refractivity contribution in [3.63, 3.8) is 0 Å². The number of carboxylic acids is 1. The molecule has 0 amide bonds. The molecular formula is C18H16N4O4. The summed E-state index contributed by atoms with van der Waals surface area (Å²) in [5.74, 6) is -1.33. The molecule has 0 saturated heterocycles. The van der Waals surface area contributed by atoms with Crippen molar-refractivity contribution in [2.45, 2.75) is 13.8 Å². The van der Waals surface area contributed by atoms with Crippen LogP contribution in [-0.2, 0) is 4.74 Å². The van der Waals surface area contributed by atoms with Crippen LogP contribution >= 0.6 is 0 Å². The second kappa shape index (κ2) is 7.14. The van der Waals surface area contributed by atoms with Gasteiger partial charge in [0.15, 0.2) is 11.5 Å². The maximum Gasteiger partial charge on any atom is 0.360 e. The van der Waals surface area contributed by atoms with Crippen molar-refractivity contribution in [2.75, 3.05) is 6.61 Å². The number of aromatic carboxylic acids is 1. The highest BCUT2D eigenvalue weighted by Crippen LogP contribution is 2.26. The highest BCUT2D eigenvalue weighted by atomic mass is 16.5. The van der Waals surface area contributed by atoms with Crippen LogP contribution in [0.15, 0.2) is 52.7 Å². The smallest absolute Gasteiger partial charge is 0.360 e. The highest BCUT2D eigenvalue weighted by molar-refractivity contribution is 5.93. The molecule has 0 aliphatic heterocycles. The van der Waals surface area contributed by atoms with Gasteiger partial charge in [0.25, 0.3) is 0 Å². The van der Waals surface area contributed by atoms with Gasteiger partial charge in [0.2, 0.25) is 0 Å². The minimum absolute atomic E-state index is 0.0760. The standard InChI is InChI=1S/C18H16N4O4/c1-3-26-18(25)15-16(22-11(2)5-4-6-14(22)19-15)21-20-13-9-7-12(8-10-13)17(23)24/h4-10H,3H2,1-2H3,(H,23,24). The number of carbonyl (C=O) groups is 2. The number of hydrogen-bond donors (Lipinski definition) is 1. The summed E-state index contributed by atoms with van der Waals surface area (Å²) < 4.78 is 6.76. The number of ether oxygens (including phenoxy) is 1. The van der Waals surface area contributed by atoms with Gasteiger partial charge in [-0.15, -0.1) is 10.2 Å². The minimum Gasteiger partial charge on any atom is -0.478 e. The molecule has 2 heterocycles. The van der Waals surface area contributed by atoms with Crippen LogP contribution in [0.4, 0.5) is 11.5 Å². The molecule has 0 bridgehead atoms. The van der Waals surface area contributed by atoms with Crippen LogP contribution in [-0.4, -0.2) is 33.0 Å². The SMILES string of the molecule is CCOC(=O)c1nc2cccc(C)n2c1N=Nc1ccc(C(=O)O)cc1. The first-order chi connectivity index (χ1) is 12.5. The van der Waals surface area contributed by atoms with Crippen LogP contribution in [0.25, 0.3) is 5.65 Å². The lowest BCUT2D eigenvalue weighted by atomic mass is 10.2. The van der Waals surface area contributed by atoms with Gasteiger partial charge in [-0.3, -0.25) is 4.40 Å². The summed E-state index contributed by atoms with van der Waals surface area (Å²) in [5.41, 5.74) is 2.08. The first kappa shape index (κ1) is 17.3. The number of nitrogens with zero attached hydrogens (tertiary/aromatic N) is 4. The maximum atomic E-state index is 12.2. The van der Waals surface area contributed by atoms with Gasteiger partial charge < -0.3 is 9.84 Å². The van der Waals surface area contributed by atoms with E-state index in [1.165, 1.54) is 24.3 Å². The van der Waals surface area contributed by atoms with Gasteiger partial charge in [-0.2, -0.15) is 0 Å². The van der Waals surface area contributed by atoms with Crippen LogP contribution in [0.1, 0.15) is 33.5 Å². The molecule has 8 nitrogen and oxygen atoms in total. The van der Waals surface area contributed by atoms with Crippen molar-refractivity contribution in [3.05, 3.63) is 59.4 Å². The number of aryl methyl sites for hydroxylation is 1. The Morgan fingerprint density at radius 1 is 1.15 bits per heavy atom. The molecule has 132 valence electrons. The first-order valence-electron chi connectivity index (χ1n) is 7.91. The lowest BCUT2D eigenvalue weighted by Crippen LogP contribution is -2.05. The largest absolute Gasteiger partial charge is 0.478 e. The van der Waals surface area contributed by atoms with E-state index in [9.17, 15) is 9.59 Å². The summed E-state index contributed by atoms with van der Waals surface area (Å²) in [5, 5.41) is 17.2. The Bertz CT molecular complexity index is 1010. The maximum absolute atomic E-state index is 12.2. The number of benzene rings is 1. The van der Waals surface area contributed by atoms with Crippen molar-refractivity contribution >= 4 is 29.1 Å². The lowest BCUT2D eigenvalue weighted by Gasteiger charge is -2.02. The zero-order chi connectivity index (χ0) is 18.7. The number of carbonyl (C=O) groups excluding carboxylic acids is 1. The van der Waals surface area contributed by atoms with E-state index in [1.54, 1.807) is 17.4 Å². The zero-order valence-electron chi connectivity index (χ0n) is 14.2. The van der Waals surface area contributed by atoms with E-state index in [2.05, 4.69) is 15.2 Å². The number of carboxylic acid groups (broad SMARTS) is 1. The molecule has 0 radical (unpaired) electrons. The molecular weight excluding hydrogens is 336 g/mol. The molecule has 3 aromatic rings. The van der Waals surface area contributed by atoms with E-state index in [1.807, 2.05) is 19.1 Å². The third kappa shape index (κ3) is 3.30. The fraction of sp³-hybridized carbons (Fsp3) is 0.167. The number of hydrogen-bond acceptors (Lipinski definition) is 6. The predicted octanol–water partition coefficient (Wildman–Crippen LogP) is 3.93. The van der Waals surface area contributed by atoms with E-state index in [0.717, 1.165) is 5.69 Å². The predicted molar refractivity (Wildman–Crippen MR) is 93.5 cm³/mol. The van der Waals surface area contributed by atoms with Crippen LogP contribution in [0.5, 0.6) is 0 Å². The van der Waals surface area contributed by atoms with E-state index >= 15 is 0 Å². The summed E-state index contributed by atoms with van der Waals surface area (Å²) >= 11 is 0. The molecule has 8 heteroatoms. The topological polar surface area (TPSA) is 106 Å². The summed E-state index contributed by atoms with van der Waals surface area (Å²) in [6.07, 6.45) is 0. The quantitative estimate of drug-likeness (QED) is 0.553. The van der Waals surface area contributed by atoms with Crippen molar-refractivity contribution in [1.82, 2.24) is 9.38 Å². The van der Waals surface area contributed by atoms with Gasteiger partial charge in [0.05, 0.1) is 17.9 Å². The number of azo groups is 1. The van der Waals surface area contributed by atoms with E-state index in [4.69, 9.17) is 9.84 Å². The second-order valence-electron chi connectivity index (χ2n) is 5.42. The van der Waals surface area contributed by atoms with Gasteiger partial charge in [-0.05, 0) is 50.2 Å². The Kier molecular flexibility index (Phi) is 4.74. The average Bonchev–Trinajstić information content (AvgIpc) is 3.00. The Morgan fingerprint density at radius 2 is 1.88 bits per heavy atom. The molecule has 0 spiro atoms. The molecule has 0 aliphatic rings. The Morgan fingerprint density at radius 3 is 2.54 bits per heavy atom. The van der Waals surface area contributed by atoms with Gasteiger partial charge >= 0.3 is 11.9 Å². The minimum atomic E-state index is -1.02. The monoisotopic (exact) mass is 352 g/mol. The van der Waals surface area contributed by atoms with E-state index in [0.29, 0.717) is 11.3 Å². The van der Waals surface area contributed by atoms with Crippen molar-refractivity contribution < 1.29 is 19.4 Å². The number of fused-ring (bicyclic) bond motifs is 1. The lowest BCUT2D eigenvalue weighted by molar-refractivity contribution is 0.0520. The van der Waals surface area contributed by atoms with Gasteiger partial charge in [-0.25, -0.2) is 14.6 Å². The van der Waals surface area contributed by atoms with E-state index < -0.39 is 11.9 Å². The molecule has 0 unspecified atom stereocenters. The second-order valence-corrected chi connectivity index (χ2v) is 5.42. The molecule has 0 aliphatic carbocycles. The average molecular weight is 352 g/mol. The van der Waals surface area contributed by atoms with Crippen molar-refractivity contribution in [3.8, 4) is 0 Å². The third-order valence-electron chi connectivity index (χ3n) is 3.66. The molecule has 0 atom stereocenters. The van der Waals surface area contributed by atoms with Gasteiger partial charge in [0.1, 0.15) is 5.65 Å². The zero-order valence-corrected chi connectivity index (χ0v) is 14.2. The van der Waals surface area contributed by atoms with Crippen LogP contribution in [0.2, 0.25) is 0 Å². The highest BCUT2D eigenvalue weighted by Gasteiger charge is 2.21. The molecule has 2 aromatic heterocycles. The fourth-order valence-electron chi connectivity index (χ4n) is 2.44. The molecule has 0 fully saturated rings. The number of imidazole rings is 1. The fourth-order valence-corrected chi connectivity index (χ4v) is 2.44. The van der Waals surface area contributed by atoms with E-state index in [-0.39, 0.29) is 23.7 Å².